The molecule has 0 aliphatic rings. The van der Waals surface area contributed by atoms with Crippen LogP contribution >= 0.6 is 23.2 Å². The van der Waals surface area contributed by atoms with Crippen LogP contribution in [0.25, 0.3) is 0 Å². The summed E-state index contributed by atoms with van der Waals surface area (Å²) in [5.41, 5.74) is 0. The van der Waals surface area contributed by atoms with Crippen molar-refractivity contribution in [3.8, 4) is 12.1 Å². The number of nitrogens with zero attached hydrogens (tertiary/aromatic N) is 2. The number of alkyl halides is 2. The molecule has 9 heavy (non-hydrogen) atoms. The molecule has 0 aliphatic heterocycles. The predicted molar refractivity (Wildman–Crippen MR) is 35.1 cm³/mol. The van der Waals surface area contributed by atoms with Crippen molar-refractivity contribution in [3.05, 3.63) is 0 Å². The van der Waals surface area contributed by atoms with Crippen LogP contribution in [-0.4, -0.2) is 10.3 Å². The van der Waals surface area contributed by atoms with Gasteiger partial charge in [0, 0.05) is 0 Å². The summed E-state index contributed by atoms with van der Waals surface area (Å²) in [5, 5.41) is 15.9. The third-order valence-corrected chi connectivity index (χ3v) is 1.81. The Morgan fingerprint density at radius 1 is 1.44 bits per heavy atom. The molecule has 0 aromatic carbocycles. The highest BCUT2D eigenvalue weighted by atomic mass is 35.5. The molecule has 4 heteroatoms. The lowest BCUT2D eigenvalue weighted by molar-refractivity contribution is 0.851. The summed E-state index contributed by atoms with van der Waals surface area (Å²) in [4.78, 5) is -1.57. The lowest BCUT2D eigenvalue weighted by Gasteiger charge is -2.10. The summed E-state index contributed by atoms with van der Waals surface area (Å²) in [6.07, 6.45) is 0. The van der Waals surface area contributed by atoms with Crippen molar-refractivity contribution < 1.29 is 0 Å². The minimum absolute atomic E-state index is 0.658. The van der Waals surface area contributed by atoms with Gasteiger partial charge in [0.2, 0.25) is 4.87 Å². The van der Waals surface area contributed by atoms with Crippen LogP contribution in [0.3, 0.4) is 0 Å². The van der Waals surface area contributed by atoms with Crippen molar-refractivity contribution in [2.45, 2.75) is 17.2 Å². The second-order valence-corrected chi connectivity index (χ2v) is 2.80. The quantitative estimate of drug-likeness (QED) is 0.551. The molecule has 2 nitrogen and oxygen atoms in total. The Hall–Kier alpha value is -0.440. The van der Waals surface area contributed by atoms with Gasteiger partial charge in [0.15, 0.2) is 0 Å². The number of rotatable bonds is 1. The van der Waals surface area contributed by atoms with Gasteiger partial charge in [-0.1, -0.05) is 11.6 Å². The predicted octanol–water partition coefficient (Wildman–Crippen LogP) is 1.64. The Morgan fingerprint density at radius 3 is 1.78 bits per heavy atom. The molecular formula is C5H4Cl2N2. The van der Waals surface area contributed by atoms with Gasteiger partial charge in [0.25, 0.3) is 0 Å². The van der Waals surface area contributed by atoms with Crippen LogP contribution < -0.4 is 0 Å². The lowest BCUT2D eigenvalue weighted by Crippen LogP contribution is -2.26. The molecule has 0 rings (SSSR count). The van der Waals surface area contributed by atoms with Gasteiger partial charge >= 0.3 is 0 Å². The van der Waals surface area contributed by atoms with Crippen LogP contribution in [0, 0.1) is 22.7 Å². The summed E-state index contributed by atoms with van der Waals surface area (Å²) in [6, 6.07) is 3.20. The SMILES string of the molecule is CC(Cl)C(Cl)(C#N)C#N. The Balaban J connectivity index is 4.39. The molecule has 0 aromatic rings. The molecule has 0 N–H and O–H groups in total. The highest BCUT2D eigenvalue weighted by Crippen LogP contribution is 2.21. The average molecular weight is 163 g/mol. The van der Waals surface area contributed by atoms with Crippen molar-refractivity contribution >= 4 is 23.2 Å². The first kappa shape index (κ1) is 8.56. The van der Waals surface area contributed by atoms with Gasteiger partial charge in [-0.15, -0.1) is 11.6 Å². The van der Waals surface area contributed by atoms with Crippen molar-refractivity contribution in [2.24, 2.45) is 0 Å². The third-order valence-electron chi connectivity index (χ3n) is 0.874. The Bertz CT molecular complexity index is 160. The van der Waals surface area contributed by atoms with Crippen molar-refractivity contribution in [1.82, 2.24) is 0 Å². The molecule has 48 valence electrons. The van der Waals surface area contributed by atoms with Crippen LogP contribution in [-0.2, 0) is 0 Å². The summed E-state index contributed by atoms with van der Waals surface area (Å²) in [7, 11) is 0. The van der Waals surface area contributed by atoms with Crippen LogP contribution in [0.2, 0.25) is 0 Å². The van der Waals surface area contributed by atoms with Gasteiger partial charge in [-0.2, -0.15) is 10.5 Å². The summed E-state index contributed by atoms with van der Waals surface area (Å²) in [6.45, 7) is 1.50. The second-order valence-electron chi connectivity index (χ2n) is 1.55. The normalized spacial score (nSPS) is 13.4. The summed E-state index contributed by atoms with van der Waals surface area (Å²) >= 11 is 10.8. The third kappa shape index (κ3) is 1.75. The van der Waals surface area contributed by atoms with Crippen molar-refractivity contribution in [1.29, 1.82) is 10.5 Å². The molecule has 1 atom stereocenters. The van der Waals surface area contributed by atoms with E-state index in [2.05, 4.69) is 0 Å². The molecule has 0 saturated heterocycles. The molecule has 0 bridgehead atoms. The standard InChI is InChI=1S/C5H4Cl2N2/c1-4(6)5(7,2-8)3-9/h4H,1H3. The van der Waals surface area contributed by atoms with Gasteiger partial charge < -0.3 is 0 Å². The average Bonchev–Trinajstić information content (AvgIpc) is 1.86. The van der Waals surface area contributed by atoms with Crippen LogP contribution in [0.5, 0.6) is 0 Å². The van der Waals surface area contributed by atoms with E-state index in [1.165, 1.54) is 6.92 Å². The van der Waals surface area contributed by atoms with Crippen LogP contribution in [0.4, 0.5) is 0 Å². The van der Waals surface area contributed by atoms with Gasteiger partial charge in [0.05, 0.1) is 5.38 Å². The Labute approximate surface area is 63.6 Å². The van der Waals surface area contributed by atoms with E-state index in [4.69, 9.17) is 33.7 Å². The zero-order chi connectivity index (χ0) is 7.49. The minimum atomic E-state index is -1.57. The van der Waals surface area contributed by atoms with E-state index in [1.54, 1.807) is 12.1 Å². The fourth-order valence-corrected chi connectivity index (χ4v) is 0.300. The zero-order valence-corrected chi connectivity index (χ0v) is 6.24. The summed E-state index contributed by atoms with van der Waals surface area (Å²) in [5.74, 6) is 0. The maximum atomic E-state index is 8.27. The largest absolute Gasteiger partial charge is 0.231 e. The monoisotopic (exact) mass is 162 g/mol. The first-order chi connectivity index (χ1) is 4.06. The number of halogens is 2. The van der Waals surface area contributed by atoms with Gasteiger partial charge in [-0.25, -0.2) is 0 Å². The molecule has 0 spiro atoms. The molecule has 0 fully saturated rings. The maximum Gasteiger partial charge on any atom is 0.231 e. The fraction of sp³-hybridized carbons (Fsp3) is 0.600. The highest BCUT2D eigenvalue weighted by Gasteiger charge is 2.32. The molecule has 0 amide bonds. The van der Waals surface area contributed by atoms with E-state index in [0.717, 1.165) is 0 Å². The lowest BCUT2D eigenvalue weighted by atomic mass is 10.1. The van der Waals surface area contributed by atoms with Crippen LogP contribution in [0.15, 0.2) is 0 Å². The van der Waals surface area contributed by atoms with Gasteiger partial charge in [-0.3, -0.25) is 0 Å². The fourth-order valence-electron chi connectivity index (χ4n) is 0.203. The molecule has 0 aliphatic carbocycles. The van der Waals surface area contributed by atoms with E-state index in [-0.39, 0.29) is 0 Å². The number of nitriles is 2. The van der Waals surface area contributed by atoms with Gasteiger partial charge in [0.1, 0.15) is 12.1 Å². The van der Waals surface area contributed by atoms with Crippen molar-refractivity contribution in [3.63, 3.8) is 0 Å². The molecule has 0 saturated carbocycles. The second kappa shape index (κ2) is 2.92. The van der Waals surface area contributed by atoms with E-state index in [1.807, 2.05) is 0 Å². The zero-order valence-electron chi connectivity index (χ0n) is 4.73. The smallest absolute Gasteiger partial charge is 0.195 e. The first-order valence-corrected chi connectivity index (χ1v) is 3.03. The van der Waals surface area contributed by atoms with E-state index in [9.17, 15) is 0 Å². The molecule has 0 aromatic heterocycles. The minimum Gasteiger partial charge on any atom is -0.195 e. The van der Waals surface area contributed by atoms with Crippen LogP contribution in [0.1, 0.15) is 6.92 Å². The molecule has 1 unspecified atom stereocenters. The van der Waals surface area contributed by atoms with Gasteiger partial charge in [-0.05, 0) is 6.92 Å². The van der Waals surface area contributed by atoms with E-state index in [0.29, 0.717) is 0 Å². The number of hydrogen-bond acceptors (Lipinski definition) is 2. The molecule has 0 radical (unpaired) electrons. The van der Waals surface area contributed by atoms with Crippen molar-refractivity contribution in [2.75, 3.05) is 0 Å². The van der Waals surface area contributed by atoms with E-state index < -0.39 is 10.3 Å². The molecular weight excluding hydrogens is 159 g/mol. The topological polar surface area (TPSA) is 47.6 Å². The Kier molecular flexibility index (Phi) is 2.77. The highest BCUT2D eigenvalue weighted by molar-refractivity contribution is 6.35. The number of hydrogen-bond donors (Lipinski definition) is 0. The molecule has 0 heterocycles. The first-order valence-electron chi connectivity index (χ1n) is 2.22. The van der Waals surface area contributed by atoms with E-state index >= 15 is 0 Å². The summed E-state index contributed by atoms with van der Waals surface area (Å²) < 4.78 is 0. The Morgan fingerprint density at radius 2 is 1.78 bits per heavy atom. The maximum absolute atomic E-state index is 8.27.